The maximum Gasteiger partial charge on any atom is 0.315 e. The second kappa shape index (κ2) is 6.65. The molecule has 1 aromatic rings. The lowest BCUT2D eigenvalue weighted by atomic mass is 9.85. The van der Waals surface area contributed by atoms with Gasteiger partial charge >= 0.3 is 6.03 Å². The Morgan fingerprint density at radius 1 is 1.36 bits per heavy atom. The summed E-state index contributed by atoms with van der Waals surface area (Å²) >= 11 is 0. The van der Waals surface area contributed by atoms with Crippen molar-refractivity contribution in [3.05, 3.63) is 29.6 Å². The molecule has 3 N–H and O–H groups in total. The zero-order valence-electron chi connectivity index (χ0n) is 13.1. The molecule has 1 aromatic heterocycles. The van der Waals surface area contributed by atoms with Gasteiger partial charge in [0.15, 0.2) is 0 Å². The number of aliphatic hydroxyl groups is 1. The fraction of sp³-hybridized carbons (Fsp3) is 0.647. The van der Waals surface area contributed by atoms with E-state index in [2.05, 4.69) is 15.6 Å². The Hall–Kier alpha value is -1.62. The predicted octanol–water partition coefficient (Wildman–Crippen LogP) is 1.64. The molecule has 0 saturated heterocycles. The number of urea groups is 1. The second-order valence-electron chi connectivity index (χ2n) is 6.66. The standard InChI is InChI=1S/C17H25N3O2/c1-11-2-3-12(9-19-11)6-7-18-17(22)20-16-14-5-4-13(8-14)15(16)10-21/h2-3,9,13-16,21H,4-8,10H2,1H3,(H2,18,20,22). The van der Waals surface area contributed by atoms with Crippen molar-refractivity contribution in [3.8, 4) is 0 Å². The molecule has 120 valence electrons. The molecule has 2 aliphatic carbocycles. The molecule has 2 bridgehead atoms. The van der Waals surface area contributed by atoms with Gasteiger partial charge in [-0.1, -0.05) is 6.07 Å². The summed E-state index contributed by atoms with van der Waals surface area (Å²) in [6, 6.07) is 4.05. The van der Waals surface area contributed by atoms with E-state index in [4.69, 9.17) is 0 Å². The molecule has 5 heteroatoms. The summed E-state index contributed by atoms with van der Waals surface area (Å²) in [7, 11) is 0. The van der Waals surface area contributed by atoms with Crippen LogP contribution in [0.4, 0.5) is 4.79 Å². The highest BCUT2D eigenvalue weighted by molar-refractivity contribution is 5.74. The minimum atomic E-state index is -0.115. The monoisotopic (exact) mass is 303 g/mol. The van der Waals surface area contributed by atoms with E-state index in [-0.39, 0.29) is 24.6 Å². The van der Waals surface area contributed by atoms with Gasteiger partial charge in [0.1, 0.15) is 0 Å². The third-order valence-electron chi connectivity index (χ3n) is 5.27. The van der Waals surface area contributed by atoms with Gasteiger partial charge in [0.2, 0.25) is 0 Å². The molecular formula is C17H25N3O2. The van der Waals surface area contributed by atoms with E-state index in [1.165, 1.54) is 12.8 Å². The van der Waals surface area contributed by atoms with Crippen LogP contribution in [-0.4, -0.2) is 35.3 Å². The molecule has 4 atom stereocenters. The minimum Gasteiger partial charge on any atom is -0.396 e. The normalized spacial score (nSPS) is 29.5. The smallest absolute Gasteiger partial charge is 0.315 e. The molecule has 0 aromatic carbocycles. The van der Waals surface area contributed by atoms with E-state index in [0.29, 0.717) is 18.4 Å². The van der Waals surface area contributed by atoms with Crippen molar-refractivity contribution < 1.29 is 9.90 Å². The Balaban J connectivity index is 1.43. The Bertz CT molecular complexity index is 517. The van der Waals surface area contributed by atoms with Crippen molar-refractivity contribution in [1.29, 1.82) is 0 Å². The van der Waals surface area contributed by atoms with Crippen LogP contribution in [0, 0.1) is 24.7 Å². The number of fused-ring (bicyclic) bond motifs is 2. The first-order valence-electron chi connectivity index (χ1n) is 8.24. The quantitative estimate of drug-likeness (QED) is 0.774. The predicted molar refractivity (Wildman–Crippen MR) is 84.4 cm³/mol. The van der Waals surface area contributed by atoms with Crippen LogP contribution in [0.25, 0.3) is 0 Å². The lowest BCUT2D eigenvalue weighted by Gasteiger charge is -2.30. The minimum absolute atomic E-state index is 0.115. The van der Waals surface area contributed by atoms with E-state index < -0.39 is 0 Å². The van der Waals surface area contributed by atoms with Crippen molar-refractivity contribution in [2.75, 3.05) is 13.2 Å². The Morgan fingerprint density at radius 3 is 2.91 bits per heavy atom. The van der Waals surface area contributed by atoms with E-state index in [1.807, 2.05) is 25.3 Å². The number of hydrogen-bond donors (Lipinski definition) is 3. The van der Waals surface area contributed by atoms with Crippen LogP contribution < -0.4 is 10.6 Å². The van der Waals surface area contributed by atoms with Crippen LogP contribution in [0.5, 0.6) is 0 Å². The highest BCUT2D eigenvalue weighted by Gasteiger charge is 2.47. The fourth-order valence-corrected chi connectivity index (χ4v) is 4.07. The molecule has 0 radical (unpaired) electrons. The summed E-state index contributed by atoms with van der Waals surface area (Å²) in [4.78, 5) is 16.3. The van der Waals surface area contributed by atoms with Gasteiger partial charge in [0.05, 0.1) is 0 Å². The van der Waals surface area contributed by atoms with Crippen molar-refractivity contribution in [2.24, 2.45) is 17.8 Å². The third-order valence-corrected chi connectivity index (χ3v) is 5.27. The number of aryl methyl sites for hydroxylation is 1. The Labute approximate surface area is 131 Å². The number of nitrogens with one attached hydrogen (secondary N) is 2. The van der Waals surface area contributed by atoms with Crippen molar-refractivity contribution >= 4 is 6.03 Å². The number of aromatic nitrogens is 1. The Morgan fingerprint density at radius 2 is 2.18 bits per heavy atom. The molecule has 0 aliphatic heterocycles. The molecular weight excluding hydrogens is 278 g/mol. The van der Waals surface area contributed by atoms with Crippen molar-refractivity contribution in [2.45, 2.75) is 38.6 Å². The molecule has 2 amide bonds. The van der Waals surface area contributed by atoms with Gasteiger partial charge in [0.25, 0.3) is 0 Å². The third kappa shape index (κ3) is 3.24. The first-order chi connectivity index (χ1) is 10.7. The highest BCUT2D eigenvalue weighted by Crippen LogP contribution is 2.48. The topological polar surface area (TPSA) is 74.2 Å². The zero-order chi connectivity index (χ0) is 15.5. The molecule has 4 unspecified atom stereocenters. The summed E-state index contributed by atoms with van der Waals surface area (Å²) in [5.41, 5.74) is 2.12. The van der Waals surface area contributed by atoms with E-state index in [0.717, 1.165) is 24.1 Å². The Kier molecular flexibility index (Phi) is 4.62. The van der Waals surface area contributed by atoms with Crippen molar-refractivity contribution in [1.82, 2.24) is 15.6 Å². The van der Waals surface area contributed by atoms with E-state index in [9.17, 15) is 9.90 Å². The van der Waals surface area contributed by atoms with Gasteiger partial charge in [0, 0.05) is 37.0 Å². The lowest BCUT2D eigenvalue weighted by molar-refractivity contribution is 0.144. The summed E-state index contributed by atoms with van der Waals surface area (Å²) in [6.07, 6.45) is 6.18. The molecule has 2 fully saturated rings. The molecule has 22 heavy (non-hydrogen) atoms. The van der Waals surface area contributed by atoms with E-state index >= 15 is 0 Å². The van der Waals surface area contributed by atoms with Crippen LogP contribution in [0.1, 0.15) is 30.5 Å². The summed E-state index contributed by atoms with van der Waals surface area (Å²) in [5.74, 6) is 1.39. The number of rotatable bonds is 5. The van der Waals surface area contributed by atoms with Gasteiger partial charge in [-0.3, -0.25) is 4.98 Å². The number of pyridine rings is 1. The maximum absolute atomic E-state index is 12.1. The van der Waals surface area contributed by atoms with Crippen LogP contribution >= 0.6 is 0 Å². The molecule has 3 rings (SSSR count). The largest absolute Gasteiger partial charge is 0.396 e. The lowest BCUT2D eigenvalue weighted by Crippen LogP contribution is -2.49. The van der Waals surface area contributed by atoms with Crippen LogP contribution in [0.3, 0.4) is 0 Å². The maximum atomic E-state index is 12.1. The van der Waals surface area contributed by atoms with Gasteiger partial charge in [-0.2, -0.15) is 0 Å². The molecule has 5 nitrogen and oxygen atoms in total. The first kappa shape index (κ1) is 15.3. The summed E-state index contributed by atoms with van der Waals surface area (Å²) in [5, 5.41) is 15.5. The second-order valence-corrected chi connectivity index (χ2v) is 6.66. The molecule has 2 aliphatic rings. The van der Waals surface area contributed by atoms with Crippen molar-refractivity contribution in [3.63, 3.8) is 0 Å². The summed E-state index contributed by atoms with van der Waals surface area (Å²) < 4.78 is 0. The van der Waals surface area contributed by atoms with Gasteiger partial charge in [-0.15, -0.1) is 0 Å². The fourth-order valence-electron chi connectivity index (χ4n) is 4.07. The molecule has 1 heterocycles. The van der Waals surface area contributed by atoms with Gasteiger partial charge < -0.3 is 15.7 Å². The van der Waals surface area contributed by atoms with Crippen LogP contribution in [-0.2, 0) is 6.42 Å². The first-order valence-corrected chi connectivity index (χ1v) is 8.24. The number of amides is 2. The number of nitrogens with zero attached hydrogens (tertiary/aromatic N) is 1. The number of carbonyl (C=O) groups is 1. The highest BCUT2D eigenvalue weighted by atomic mass is 16.3. The van der Waals surface area contributed by atoms with Gasteiger partial charge in [-0.25, -0.2) is 4.79 Å². The van der Waals surface area contributed by atoms with Crippen LogP contribution in [0.15, 0.2) is 18.3 Å². The van der Waals surface area contributed by atoms with Gasteiger partial charge in [-0.05, 0) is 56.1 Å². The van der Waals surface area contributed by atoms with E-state index in [1.54, 1.807) is 0 Å². The summed E-state index contributed by atoms with van der Waals surface area (Å²) in [6.45, 7) is 2.74. The number of aliphatic hydroxyl groups excluding tert-OH is 1. The number of hydrogen-bond acceptors (Lipinski definition) is 3. The molecule has 2 saturated carbocycles. The number of carbonyl (C=O) groups excluding carboxylic acids is 1. The van der Waals surface area contributed by atoms with Crippen LogP contribution in [0.2, 0.25) is 0 Å². The zero-order valence-corrected chi connectivity index (χ0v) is 13.1. The SMILES string of the molecule is Cc1ccc(CCNC(=O)NC2C3CCC(C3)C2CO)cn1. The average molecular weight is 303 g/mol. The molecule has 0 spiro atoms. The average Bonchev–Trinajstić information content (AvgIpc) is 3.10.